The van der Waals surface area contributed by atoms with Gasteiger partial charge in [0.2, 0.25) is 35.3 Å². The van der Waals surface area contributed by atoms with E-state index < -0.39 is 29.5 Å². The lowest BCUT2D eigenvalue weighted by atomic mass is 10.2. The van der Waals surface area contributed by atoms with Crippen molar-refractivity contribution in [1.82, 2.24) is 0 Å². The molecule has 6 aromatic rings. The Morgan fingerprint density at radius 2 is 0.810 bits per heavy atom. The summed E-state index contributed by atoms with van der Waals surface area (Å²) in [5.41, 5.74) is 0. The van der Waals surface area contributed by atoms with Gasteiger partial charge in [-0.2, -0.15) is 0 Å². The van der Waals surface area contributed by atoms with Crippen LogP contribution in [-0.4, -0.2) is 48.7 Å². The van der Waals surface area contributed by atoms with Crippen molar-refractivity contribution in [3.05, 3.63) is 133 Å². The highest BCUT2D eigenvalue weighted by molar-refractivity contribution is 7.92. The van der Waals surface area contributed by atoms with E-state index in [0.29, 0.717) is 18.8 Å². The van der Waals surface area contributed by atoms with E-state index in [4.69, 9.17) is 18.9 Å². The summed E-state index contributed by atoms with van der Waals surface area (Å²) >= 11 is 0. The topological polar surface area (TPSA) is 180 Å². The summed E-state index contributed by atoms with van der Waals surface area (Å²) in [5, 5.41) is 19.1. The number of sulfone groups is 3. The molecule has 0 saturated heterocycles. The zero-order chi connectivity index (χ0) is 41.5. The van der Waals surface area contributed by atoms with Gasteiger partial charge < -0.3 is 29.2 Å². The van der Waals surface area contributed by atoms with E-state index >= 15 is 0 Å². The highest BCUT2D eigenvalue weighted by Crippen LogP contribution is 2.46. The zero-order valence-corrected chi connectivity index (χ0v) is 33.9. The molecular weight excluding hydrogens is 805 g/mol. The molecule has 0 amide bonds. The van der Waals surface area contributed by atoms with Crippen LogP contribution < -0.4 is 18.9 Å². The first-order chi connectivity index (χ1) is 27.7. The number of ether oxygens (including phenoxy) is 4. The van der Waals surface area contributed by atoms with Gasteiger partial charge in [-0.15, -0.1) is 0 Å². The molecule has 0 atom stereocenters. The van der Waals surface area contributed by atoms with E-state index in [1.54, 1.807) is 0 Å². The monoisotopic (exact) mass is 844 g/mol. The smallest absolute Gasteiger partial charge is 0.210 e. The van der Waals surface area contributed by atoms with Crippen LogP contribution in [0.3, 0.4) is 0 Å². The quantitative estimate of drug-likeness (QED) is 0.0833. The number of rotatable bonds is 17. The number of aromatic hydroxyl groups is 2. The van der Waals surface area contributed by atoms with Crippen LogP contribution >= 0.6 is 0 Å². The molecule has 12 nitrogen and oxygen atoms in total. The van der Waals surface area contributed by atoms with Crippen LogP contribution in [0.25, 0.3) is 0 Å². The van der Waals surface area contributed by atoms with Crippen molar-refractivity contribution in [1.29, 1.82) is 0 Å². The molecule has 0 spiro atoms. The molecule has 0 unspecified atom stereocenters. The van der Waals surface area contributed by atoms with Gasteiger partial charge in [-0.25, -0.2) is 25.3 Å². The van der Waals surface area contributed by atoms with Crippen LogP contribution in [0.1, 0.15) is 33.1 Å². The average Bonchev–Trinajstić information content (AvgIpc) is 3.21. The summed E-state index contributed by atoms with van der Waals surface area (Å²) in [4.78, 5) is -0.370. The number of phenolic OH excluding ortho intramolecular Hbond substituents is 2. The molecule has 2 N–H and O–H groups in total. The van der Waals surface area contributed by atoms with Gasteiger partial charge in [0.1, 0.15) is 33.6 Å². The Hall–Kier alpha value is -6.03. The standard InChI is InChI=1S/C43H40O12S3/c1-3-5-29-52-40-26-27-41(43(42(40)53-28-4-2)55-34-14-22-38(23-15-34)57(48,49)36-18-8-31(45)9-19-36)58(50,51)39-24-12-33(13-25-39)54-32-10-20-37(21-11-32)56(46,47)35-16-6-30(44)7-17-35/h6-27,44-45H,3-5,28-29H2,1-2H3. The summed E-state index contributed by atoms with van der Waals surface area (Å²) in [6, 6.07) is 30.0. The summed E-state index contributed by atoms with van der Waals surface area (Å²) in [6.07, 6.45) is 2.18. The van der Waals surface area contributed by atoms with E-state index in [9.17, 15) is 35.5 Å². The first kappa shape index (κ1) is 41.6. The fourth-order valence-electron chi connectivity index (χ4n) is 5.58. The lowest BCUT2D eigenvalue weighted by Crippen LogP contribution is -2.09. The van der Waals surface area contributed by atoms with Crippen molar-refractivity contribution in [3.63, 3.8) is 0 Å². The Balaban J connectivity index is 1.30. The molecule has 0 fully saturated rings. The van der Waals surface area contributed by atoms with Gasteiger partial charge in [0.05, 0.1) is 37.7 Å². The van der Waals surface area contributed by atoms with Crippen LogP contribution in [0.2, 0.25) is 0 Å². The van der Waals surface area contributed by atoms with Crippen molar-refractivity contribution in [3.8, 4) is 46.0 Å². The fraction of sp³-hybridized carbons (Fsp3) is 0.163. The number of benzene rings is 6. The Labute approximate surface area is 337 Å². The number of phenols is 2. The molecule has 58 heavy (non-hydrogen) atoms. The molecule has 302 valence electrons. The van der Waals surface area contributed by atoms with Crippen LogP contribution in [0, 0.1) is 0 Å². The van der Waals surface area contributed by atoms with Gasteiger partial charge in [0.15, 0.2) is 11.5 Å². The van der Waals surface area contributed by atoms with Crippen molar-refractivity contribution >= 4 is 29.5 Å². The van der Waals surface area contributed by atoms with Gasteiger partial charge >= 0.3 is 0 Å². The molecular formula is C43H40O12S3. The predicted molar refractivity (Wildman–Crippen MR) is 215 cm³/mol. The van der Waals surface area contributed by atoms with Gasteiger partial charge in [-0.3, -0.25) is 0 Å². The zero-order valence-electron chi connectivity index (χ0n) is 31.4. The molecule has 0 aliphatic heterocycles. The second-order valence-corrected chi connectivity index (χ2v) is 18.7. The van der Waals surface area contributed by atoms with Crippen LogP contribution in [0.4, 0.5) is 0 Å². The second-order valence-electron chi connectivity index (χ2n) is 12.9. The minimum atomic E-state index is -4.31. The van der Waals surface area contributed by atoms with Gasteiger partial charge in [-0.05, 0) is 146 Å². The fourth-order valence-corrected chi connectivity index (χ4v) is 9.48. The molecule has 0 aliphatic rings. The van der Waals surface area contributed by atoms with E-state index in [0.717, 1.165) is 12.8 Å². The van der Waals surface area contributed by atoms with E-state index in [1.165, 1.54) is 133 Å². The highest BCUT2D eigenvalue weighted by atomic mass is 32.2. The Morgan fingerprint density at radius 3 is 1.22 bits per heavy atom. The van der Waals surface area contributed by atoms with Gasteiger partial charge in [-0.1, -0.05) is 20.3 Å². The summed E-state index contributed by atoms with van der Waals surface area (Å²) in [7, 11) is -12.1. The molecule has 15 heteroatoms. The highest BCUT2D eigenvalue weighted by Gasteiger charge is 2.29. The minimum Gasteiger partial charge on any atom is -0.508 e. The summed E-state index contributed by atoms with van der Waals surface area (Å²) in [5.74, 6) is 0.748. The summed E-state index contributed by atoms with van der Waals surface area (Å²) in [6.45, 7) is 4.45. The number of hydrogen-bond acceptors (Lipinski definition) is 12. The Kier molecular flexibility index (Phi) is 12.6. The average molecular weight is 845 g/mol. The van der Waals surface area contributed by atoms with Crippen molar-refractivity contribution in [2.45, 2.75) is 62.5 Å². The van der Waals surface area contributed by atoms with E-state index in [1.807, 2.05) is 13.8 Å². The maximum absolute atomic E-state index is 14.4. The third kappa shape index (κ3) is 9.23. The molecule has 6 rings (SSSR count). The number of hydrogen-bond donors (Lipinski definition) is 2. The maximum atomic E-state index is 14.4. The lowest BCUT2D eigenvalue weighted by molar-refractivity contribution is 0.255. The first-order valence-electron chi connectivity index (χ1n) is 18.2. The minimum absolute atomic E-state index is 0.0161. The first-order valence-corrected chi connectivity index (χ1v) is 22.6. The molecule has 0 radical (unpaired) electrons. The summed E-state index contributed by atoms with van der Waals surface area (Å²) < 4.78 is 106. The molecule has 0 heterocycles. The molecule has 0 saturated carbocycles. The van der Waals surface area contributed by atoms with Crippen molar-refractivity contribution in [2.24, 2.45) is 0 Å². The number of unbranched alkanes of at least 4 members (excludes halogenated alkanes) is 1. The van der Waals surface area contributed by atoms with Crippen LogP contribution in [0.5, 0.6) is 46.0 Å². The third-order valence-corrected chi connectivity index (χ3v) is 14.1. The maximum Gasteiger partial charge on any atom is 0.210 e. The van der Waals surface area contributed by atoms with Crippen molar-refractivity contribution < 1.29 is 54.4 Å². The van der Waals surface area contributed by atoms with Crippen LogP contribution in [-0.2, 0) is 29.5 Å². The molecule has 6 aromatic carbocycles. The van der Waals surface area contributed by atoms with E-state index in [-0.39, 0.29) is 76.2 Å². The normalized spacial score (nSPS) is 11.8. The largest absolute Gasteiger partial charge is 0.508 e. The molecule has 0 aromatic heterocycles. The Bertz CT molecular complexity index is 2680. The second kappa shape index (κ2) is 17.6. The lowest BCUT2D eigenvalue weighted by Gasteiger charge is -2.20. The van der Waals surface area contributed by atoms with E-state index in [2.05, 4.69) is 0 Å². The third-order valence-electron chi connectivity index (χ3n) is 8.69. The SMILES string of the molecule is CCCCOc1ccc(S(=O)(=O)c2ccc(Oc3ccc(S(=O)(=O)c4ccc(O)cc4)cc3)cc2)c(Oc2ccc(S(=O)(=O)c3ccc(O)cc3)cc2)c1OCCC. The van der Waals surface area contributed by atoms with Crippen molar-refractivity contribution in [2.75, 3.05) is 13.2 Å². The van der Waals surface area contributed by atoms with Gasteiger partial charge in [0.25, 0.3) is 0 Å². The van der Waals surface area contributed by atoms with Crippen LogP contribution in [0.15, 0.2) is 163 Å². The van der Waals surface area contributed by atoms with Gasteiger partial charge in [0, 0.05) is 0 Å². The Morgan fingerprint density at radius 1 is 0.414 bits per heavy atom. The molecule has 0 bridgehead atoms. The predicted octanol–water partition coefficient (Wildman–Crippen LogP) is 9.15. The molecule has 0 aliphatic carbocycles.